The zero-order chi connectivity index (χ0) is 16.9. The van der Waals surface area contributed by atoms with Crippen molar-refractivity contribution in [3.05, 3.63) is 29.6 Å². The number of hydrogen-bond acceptors (Lipinski definition) is 4. The maximum atomic E-state index is 14.0. The zero-order valence-electron chi connectivity index (χ0n) is 13.0. The van der Waals surface area contributed by atoms with E-state index in [4.69, 9.17) is 4.74 Å². The van der Waals surface area contributed by atoms with Gasteiger partial charge in [0.2, 0.25) is 10.0 Å². The predicted molar refractivity (Wildman–Crippen MR) is 83.2 cm³/mol. The van der Waals surface area contributed by atoms with E-state index < -0.39 is 26.6 Å². The Bertz CT molecular complexity index is 657. The first kappa shape index (κ1) is 17.8. The molecule has 1 aromatic rings. The number of unbranched alkanes of at least 4 members (excludes halogenated alkanes) is 1. The molecular formula is C15H21FN2O4S. The third kappa shape index (κ3) is 4.27. The standard InChI is InChI=1S/C15H21FN2O4S/c1-2-3-6-17-15(19)12-4-5-13(16)14(11-12)23(20,21)18-7-9-22-10-8-18/h4-5,11H,2-3,6-10H2,1H3,(H,17,19). The summed E-state index contributed by atoms with van der Waals surface area (Å²) in [5.41, 5.74) is 0.134. The number of nitrogens with one attached hydrogen (secondary N) is 1. The Morgan fingerprint density at radius 3 is 2.70 bits per heavy atom. The average Bonchev–Trinajstić information content (AvgIpc) is 2.56. The molecule has 0 aliphatic carbocycles. The third-order valence-corrected chi connectivity index (χ3v) is 5.51. The van der Waals surface area contributed by atoms with Crippen molar-refractivity contribution >= 4 is 15.9 Å². The number of sulfonamides is 1. The van der Waals surface area contributed by atoms with Crippen LogP contribution in [0.4, 0.5) is 4.39 Å². The largest absolute Gasteiger partial charge is 0.379 e. The molecular weight excluding hydrogens is 323 g/mol. The lowest BCUT2D eigenvalue weighted by molar-refractivity contribution is 0.0729. The van der Waals surface area contributed by atoms with Crippen molar-refractivity contribution in [3.8, 4) is 0 Å². The zero-order valence-corrected chi connectivity index (χ0v) is 13.9. The fourth-order valence-corrected chi connectivity index (χ4v) is 3.75. The van der Waals surface area contributed by atoms with E-state index in [0.717, 1.165) is 25.0 Å². The first-order valence-corrected chi connectivity index (χ1v) is 9.06. The van der Waals surface area contributed by atoms with Gasteiger partial charge in [0.25, 0.3) is 5.91 Å². The number of hydrogen-bond donors (Lipinski definition) is 1. The molecule has 0 bridgehead atoms. The summed E-state index contributed by atoms with van der Waals surface area (Å²) in [6.45, 7) is 3.40. The van der Waals surface area contributed by atoms with Gasteiger partial charge >= 0.3 is 0 Å². The maximum Gasteiger partial charge on any atom is 0.251 e. The Morgan fingerprint density at radius 1 is 1.35 bits per heavy atom. The van der Waals surface area contributed by atoms with E-state index in [1.807, 2.05) is 6.92 Å². The SMILES string of the molecule is CCCCNC(=O)c1ccc(F)c(S(=O)(=O)N2CCOCC2)c1. The van der Waals surface area contributed by atoms with Gasteiger partial charge in [-0.2, -0.15) is 4.31 Å². The number of carbonyl (C=O) groups excluding carboxylic acids is 1. The first-order chi connectivity index (χ1) is 11.0. The van der Waals surface area contributed by atoms with E-state index in [1.54, 1.807) is 0 Å². The Morgan fingerprint density at radius 2 is 2.04 bits per heavy atom. The lowest BCUT2D eigenvalue weighted by Gasteiger charge is -2.26. The smallest absolute Gasteiger partial charge is 0.251 e. The molecule has 1 aromatic carbocycles. The van der Waals surface area contributed by atoms with Gasteiger partial charge in [0.05, 0.1) is 13.2 Å². The van der Waals surface area contributed by atoms with Crippen LogP contribution < -0.4 is 5.32 Å². The summed E-state index contributed by atoms with van der Waals surface area (Å²) >= 11 is 0. The molecule has 23 heavy (non-hydrogen) atoms. The van der Waals surface area contributed by atoms with Crippen molar-refractivity contribution in [1.82, 2.24) is 9.62 Å². The maximum absolute atomic E-state index is 14.0. The molecule has 2 rings (SSSR count). The molecule has 1 N–H and O–H groups in total. The lowest BCUT2D eigenvalue weighted by atomic mass is 10.2. The number of rotatable bonds is 6. The number of benzene rings is 1. The topological polar surface area (TPSA) is 75.7 Å². The first-order valence-electron chi connectivity index (χ1n) is 7.62. The van der Waals surface area contributed by atoms with Crippen molar-refractivity contribution in [3.63, 3.8) is 0 Å². The van der Waals surface area contributed by atoms with Crippen molar-refractivity contribution in [2.75, 3.05) is 32.8 Å². The molecule has 6 nitrogen and oxygen atoms in total. The summed E-state index contributed by atoms with van der Waals surface area (Å²) in [6.07, 6.45) is 1.76. The van der Waals surface area contributed by atoms with Crippen LogP contribution in [0.3, 0.4) is 0 Å². The van der Waals surface area contributed by atoms with Crippen molar-refractivity contribution in [2.45, 2.75) is 24.7 Å². The summed E-state index contributed by atoms with van der Waals surface area (Å²) in [7, 11) is -3.98. The number of amides is 1. The van der Waals surface area contributed by atoms with E-state index in [9.17, 15) is 17.6 Å². The number of morpholine rings is 1. The van der Waals surface area contributed by atoms with E-state index in [-0.39, 0.29) is 31.9 Å². The molecule has 0 aromatic heterocycles. The van der Waals surface area contributed by atoms with Crippen molar-refractivity contribution < 1.29 is 22.3 Å². The highest BCUT2D eigenvalue weighted by molar-refractivity contribution is 7.89. The Kier molecular flexibility index (Phi) is 6.09. The Labute approximate surface area is 135 Å². The molecule has 1 saturated heterocycles. The monoisotopic (exact) mass is 344 g/mol. The second kappa shape index (κ2) is 7.85. The quantitative estimate of drug-likeness (QED) is 0.791. The van der Waals surface area contributed by atoms with Gasteiger partial charge in [-0.05, 0) is 24.6 Å². The van der Waals surface area contributed by atoms with Crippen LogP contribution in [0.1, 0.15) is 30.1 Å². The summed E-state index contributed by atoms with van der Waals surface area (Å²) in [4.78, 5) is 11.6. The van der Waals surface area contributed by atoms with Crippen LogP contribution in [0, 0.1) is 5.82 Å². The molecule has 1 fully saturated rings. The summed E-state index contributed by atoms with van der Waals surface area (Å²) in [6, 6.07) is 3.40. The summed E-state index contributed by atoms with van der Waals surface area (Å²) in [5, 5.41) is 2.69. The lowest BCUT2D eigenvalue weighted by Crippen LogP contribution is -2.41. The van der Waals surface area contributed by atoms with Crippen LogP contribution >= 0.6 is 0 Å². The molecule has 0 spiro atoms. The molecule has 1 aliphatic rings. The average molecular weight is 344 g/mol. The number of halogens is 1. The van der Waals surface area contributed by atoms with Gasteiger partial charge in [0.15, 0.2) is 0 Å². The second-order valence-corrected chi connectivity index (χ2v) is 7.18. The molecule has 8 heteroatoms. The van der Waals surface area contributed by atoms with Gasteiger partial charge in [-0.1, -0.05) is 13.3 Å². The van der Waals surface area contributed by atoms with Gasteiger partial charge < -0.3 is 10.1 Å². The minimum atomic E-state index is -3.98. The Balaban J connectivity index is 2.24. The van der Waals surface area contributed by atoms with Gasteiger partial charge in [-0.15, -0.1) is 0 Å². The number of carbonyl (C=O) groups is 1. The van der Waals surface area contributed by atoms with Crippen molar-refractivity contribution in [2.24, 2.45) is 0 Å². The molecule has 0 saturated carbocycles. The normalized spacial score (nSPS) is 16.3. The minimum absolute atomic E-state index is 0.134. The summed E-state index contributed by atoms with van der Waals surface area (Å²) in [5.74, 6) is -1.27. The molecule has 0 radical (unpaired) electrons. The number of nitrogens with zero attached hydrogens (tertiary/aromatic N) is 1. The van der Waals surface area contributed by atoms with Gasteiger partial charge in [0.1, 0.15) is 10.7 Å². The van der Waals surface area contributed by atoms with Crippen molar-refractivity contribution in [1.29, 1.82) is 0 Å². The van der Waals surface area contributed by atoms with E-state index in [0.29, 0.717) is 6.54 Å². The highest BCUT2D eigenvalue weighted by Crippen LogP contribution is 2.21. The fourth-order valence-electron chi connectivity index (χ4n) is 2.25. The third-order valence-electron chi connectivity index (χ3n) is 3.60. The van der Waals surface area contributed by atoms with Crippen LogP contribution in [0.25, 0.3) is 0 Å². The van der Waals surface area contributed by atoms with Crippen LogP contribution in [0.5, 0.6) is 0 Å². The summed E-state index contributed by atoms with van der Waals surface area (Å²) < 4.78 is 45.4. The van der Waals surface area contributed by atoms with Crippen LogP contribution in [-0.4, -0.2) is 51.5 Å². The van der Waals surface area contributed by atoms with Gasteiger partial charge in [0, 0.05) is 25.2 Å². The molecule has 1 heterocycles. The molecule has 0 atom stereocenters. The Hall–Kier alpha value is -1.51. The van der Waals surface area contributed by atoms with Crippen LogP contribution in [0.2, 0.25) is 0 Å². The number of ether oxygens (including phenoxy) is 1. The highest BCUT2D eigenvalue weighted by atomic mass is 32.2. The molecule has 1 aliphatic heterocycles. The van der Waals surface area contributed by atoms with Crippen LogP contribution in [-0.2, 0) is 14.8 Å². The minimum Gasteiger partial charge on any atom is -0.379 e. The molecule has 128 valence electrons. The van der Waals surface area contributed by atoms with Crippen LogP contribution in [0.15, 0.2) is 23.1 Å². The molecule has 0 unspecified atom stereocenters. The van der Waals surface area contributed by atoms with E-state index in [1.165, 1.54) is 10.4 Å². The fraction of sp³-hybridized carbons (Fsp3) is 0.533. The second-order valence-electron chi connectivity index (χ2n) is 5.27. The van der Waals surface area contributed by atoms with Gasteiger partial charge in [-0.25, -0.2) is 12.8 Å². The van der Waals surface area contributed by atoms with Gasteiger partial charge in [-0.3, -0.25) is 4.79 Å². The molecule has 1 amide bonds. The predicted octanol–water partition coefficient (Wildman–Crippen LogP) is 1.38. The highest BCUT2D eigenvalue weighted by Gasteiger charge is 2.29. The van der Waals surface area contributed by atoms with E-state index in [2.05, 4.69) is 5.32 Å². The van der Waals surface area contributed by atoms with E-state index >= 15 is 0 Å².